The van der Waals surface area contributed by atoms with Gasteiger partial charge in [0.1, 0.15) is 5.82 Å². The van der Waals surface area contributed by atoms with Crippen molar-refractivity contribution in [3.8, 4) is 0 Å². The van der Waals surface area contributed by atoms with Crippen LogP contribution in [0, 0.1) is 16.0 Å². The number of pyridine rings is 1. The monoisotopic (exact) mass is 252 g/mol. The zero-order valence-electron chi connectivity index (χ0n) is 9.87. The van der Waals surface area contributed by atoms with Crippen molar-refractivity contribution in [2.45, 2.75) is 25.3 Å². The van der Waals surface area contributed by atoms with Gasteiger partial charge in [0.25, 0.3) is 0 Å². The molecule has 0 saturated heterocycles. The van der Waals surface area contributed by atoms with Crippen LogP contribution in [0.2, 0.25) is 0 Å². The number of aliphatic hydroxyl groups is 1. The molecule has 0 aromatic carbocycles. The highest BCUT2D eigenvalue weighted by atomic mass is 16.6. The summed E-state index contributed by atoms with van der Waals surface area (Å²) in [6.45, 7) is 0.0772. The average Bonchev–Trinajstić information content (AvgIpc) is 2.76. The molecule has 1 aromatic heterocycles. The van der Waals surface area contributed by atoms with E-state index in [2.05, 4.69) is 10.3 Å². The highest BCUT2D eigenvalue weighted by Gasteiger charge is 2.29. The van der Waals surface area contributed by atoms with Crippen molar-refractivity contribution in [3.63, 3.8) is 0 Å². The first-order valence-electron chi connectivity index (χ1n) is 5.90. The standard InChI is InChI=1S/C11H16N4O3/c12-10-5-4-9(15(17)18)11(14-10)13-8-3-1-2-7(8)6-16/h4-5,7-8,16H,1-3,6H2,(H3,12,13,14). The maximum Gasteiger partial charge on any atom is 0.311 e. The molecule has 0 radical (unpaired) electrons. The van der Waals surface area contributed by atoms with Gasteiger partial charge in [-0.2, -0.15) is 0 Å². The highest BCUT2D eigenvalue weighted by molar-refractivity contribution is 5.59. The second-order valence-electron chi connectivity index (χ2n) is 4.49. The molecular formula is C11H16N4O3. The Morgan fingerprint density at radius 1 is 1.56 bits per heavy atom. The van der Waals surface area contributed by atoms with E-state index >= 15 is 0 Å². The Bertz CT molecular complexity index is 452. The molecule has 1 aromatic rings. The van der Waals surface area contributed by atoms with Crippen LogP contribution in [0.4, 0.5) is 17.3 Å². The molecule has 18 heavy (non-hydrogen) atoms. The van der Waals surface area contributed by atoms with E-state index in [1.54, 1.807) is 0 Å². The van der Waals surface area contributed by atoms with Gasteiger partial charge in [0.15, 0.2) is 0 Å². The predicted octanol–water partition coefficient (Wildman–Crippen LogP) is 1.14. The van der Waals surface area contributed by atoms with Gasteiger partial charge in [-0.25, -0.2) is 4.98 Å². The Kier molecular flexibility index (Phi) is 3.61. The second kappa shape index (κ2) is 5.18. The molecule has 2 unspecified atom stereocenters. The minimum Gasteiger partial charge on any atom is -0.396 e. The van der Waals surface area contributed by atoms with Crippen molar-refractivity contribution in [3.05, 3.63) is 22.2 Å². The van der Waals surface area contributed by atoms with Crippen molar-refractivity contribution in [1.82, 2.24) is 4.98 Å². The first kappa shape index (κ1) is 12.6. The summed E-state index contributed by atoms with van der Waals surface area (Å²) in [5, 5.41) is 23.2. The number of nitro groups is 1. The number of aliphatic hydroxyl groups excluding tert-OH is 1. The predicted molar refractivity (Wildman–Crippen MR) is 67.1 cm³/mol. The number of nitrogens with two attached hydrogens (primary N) is 1. The molecule has 4 N–H and O–H groups in total. The van der Waals surface area contributed by atoms with Crippen LogP contribution >= 0.6 is 0 Å². The number of anilines is 2. The summed E-state index contributed by atoms with van der Waals surface area (Å²) in [5.74, 6) is 0.542. The van der Waals surface area contributed by atoms with Crippen LogP contribution in [0.25, 0.3) is 0 Å². The number of hydrogen-bond acceptors (Lipinski definition) is 6. The zero-order chi connectivity index (χ0) is 13.1. The largest absolute Gasteiger partial charge is 0.396 e. The van der Waals surface area contributed by atoms with Crippen molar-refractivity contribution in [2.24, 2.45) is 5.92 Å². The first-order valence-corrected chi connectivity index (χ1v) is 5.90. The summed E-state index contributed by atoms with van der Waals surface area (Å²) in [4.78, 5) is 14.4. The van der Waals surface area contributed by atoms with Crippen LogP contribution in [0.5, 0.6) is 0 Å². The van der Waals surface area contributed by atoms with E-state index < -0.39 is 4.92 Å². The number of nitrogens with one attached hydrogen (secondary N) is 1. The van der Waals surface area contributed by atoms with Gasteiger partial charge in [-0.15, -0.1) is 0 Å². The maximum absolute atomic E-state index is 10.9. The quantitative estimate of drug-likeness (QED) is 0.547. The number of nitrogen functional groups attached to an aromatic ring is 1. The molecular weight excluding hydrogens is 236 g/mol. The molecule has 1 aliphatic rings. The SMILES string of the molecule is Nc1ccc([N+](=O)[O-])c(NC2CCCC2CO)n1. The molecule has 0 aliphatic heterocycles. The summed E-state index contributed by atoms with van der Waals surface area (Å²) in [7, 11) is 0. The van der Waals surface area contributed by atoms with E-state index in [1.807, 2.05) is 0 Å². The molecule has 7 heteroatoms. The molecule has 0 amide bonds. The van der Waals surface area contributed by atoms with Crippen LogP contribution in [0.3, 0.4) is 0 Å². The fourth-order valence-corrected chi connectivity index (χ4v) is 2.34. The summed E-state index contributed by atoms with van der Waals surface area (Å²) in [5.41, 5.74) is 5.46. The zero-order valence-corrected chi connectivity index (χ0v) is 9.87. The van der Waals surface area contributed by atoms with Gasteiger partial charge in [0, 0.05) is 24.6 Å². The molecule has 2 atom stereocenters. The Labute approximate surface area is 104 Å². The summed E-state index contributed by atoms with van der Waals surface area (Å²) >= 11 is 0. The van der Waals surface area contributed by atoms with E-state index in [0.29, 0.717) is 0 Å². The van der Waals surface area contributed by atoms with Crippen molar-refractivity contribution in [1.29, 1.82) is 0 Å². The third kappa shape index (κ3) is 2.51. The summed E-state index contributed by atoms with van der Waals surface area (Å²) in [6.07, 6.45) is 2.79. The summed E-state index contributed by atoms with van der Waals surface area (Å²) in [6, 6.07) is 2.76. The Morgan fingerprint density at radius 2 is 2.33 bits per heavy atom. The smallest absolute Gasteiger partial charge is 0.311 e. The van der Waals surface area contributed by atoms with Gasteiger partial charge in [-0.3, -0.25) is 10.1 Å². The van der Waals surface area contributed by atoms with E-state index in [9.17, 15) is 15.2 Å². The van der Waals surface area contributed by atoms with Gasteiger partial charge in [0.05, 0.1) is 4.92 Å². The Hall–Kier alpha value is -1.89. The minimum absolute atomic E-state index is 0.0167. The molecule has 1 heterocycles. The third-order valence-electron chi connectivity index (χ3n) is 3.31. The Morgan fingerprint density at radius 3 is 3.00 bits per heavy atom. The second-order valence-corrected chi connectivity index (χ2v) is 4.49. The molecule has 1 fully saturated rings. The van der Waals surface area contributed by atoms with Crippen molar-refractivity contribution >= 4 is 17.3 Å². The number of hydrogen-bond donors (Lipinski definition) is 3. The number of rotatable bonds is 4. The molecule has 98 valence electrons. The average molecular weight is 252 g/mol. The van der Waals surface area contributed by atoms with Crippen LogP contribution in [-0.4, -0.2) is 27.7 Å². The molecule has 7 nitrogen and oxygen atoms in total. The molecule has 0 spiro atoms. The Balaban J connectivity index is 2.22. The fourth-order valence-electron chi connectivity index (χ4n) is 2.34. The first-order chi connectivity index (χ1) is 8.61. The van der Waals surface area contributed by atoms with Gasteiger partial charge < -0.3 is 16.2 Å². The fraction of sp³-hybridized carbons (Fsp3) is 0.545. The van der Waals surface area contributed by atoms with Crippen LogP contribution < -0.4 is 11.1 Å². The highest BCUT2D eigenvalue weighted by Crippen LogP contribution is 2.31. The lowest BCUT2D eigenvalue weighted by atomic mass is 10.1. The summed E-state index contributed by atoms with van der Waals surface area (Å²) < 4.78 is 0. The van der Waals surface area contributed by atoms with Crippen LogP contribution in [0.15, 0.2) is 12.1 Å². The van der Waals surface area contributed by atoms with Crippen molar-refractivity contribution < 1.29 is 10.0 Å². The normalized spacial score (nSPS) is 22.9. The minimum atomic E-state index is -0.488. The van der Waals surface area contributed by atoms with Gasteiger partial charge >= 0.3 is 5.69 Å². The molecule has 0 bridgehead atoms. The number of nitrogens with zero attached hydrogens (tertiary/aromatic N) is 2. The lowest BCUT2D eigenvalue weighted by Gasteiger charge is -2.19. The van der Waals surface area contributed by atoms with Crippen LogP contribution in [-0.2, 0) is 0 Å². The van der Waals surface area contributed by atoms with Gasteiger partial charge in [-0.05, 0) is 18.9 Å². The van der Waals surface area contributed by atoms with E-state index in [1.165, 1.54) is 12.1 Å². The van der Waals surface area contributed by atoms with Gasteiger partial charge in [0.2, 0.25) is 5.82 Å². The third-order valence-corrected chi connectivity index (χ3v) is 3.31. The number of aromatic nitrogens is 1. The van der Waals surface area contributed by atoms with Gasteiger partial charge in [-0.1, -0.05) is 6.42 Å². The molecule has 1 saturated carbocycles. The topological polar surface area (TPSA) is 114 Å². The lowest BCUT2D eigenvalue weighted by molar-refractivity contribution is -0.384. The van der Waals surface area contributed by atoms with E-state index in [0.717, 1.165) is 19.3 Å². The van der Waals surface area contributed by atoms with Crippen LogP contribution in [0.1, 0.15) is 19.3 Å². The van der Waals surface area contributed by atoms with E-state index in [4.69, 9.17) is 5.73 Å². The van der Waals surface area contributed by atoms with E-state index in [-0.39, 0.29) is 35.9 Å². The van der Waals surface area contributed by atoms with Crippen molar-refractivity contribution in [2.75, 3.05) is 17.7 Å². The maximum atomic E-state index is 10.9. The lowest BCUT2D eigenvalue weighted by Crippen LogP contribution is -2.27. The molecule has 2 rings (SSSR count). The molecule has 1 aliphatic carbocycles.